The van der Waals surface area contributed by atoms with Gasteiger partial charge >= 0.3 is 0 Å². The third-order valence-electron chi connectivity index (χ3n) is 4.97. The molecular weight excluding hydrogens is 384 g/mol. The summed E-state index contributed by atoms with van der Waals surface area (Å²) in [6, 6.07) is 15.5. The molecule has 29 heavy (non-hydrogen) atoms. The number of aromatic nitrogens is 4. The normalized spacial score (nSPS) is 12.4. The third-order valence-corrected chi connectivity index (χ3v) is 5.89. The Labute approximate surface area is 173 Å². The van der Waals surface area contributed by atoms with E-state index in [9.17, 15) is 4.79 Å². The summed E-state index contributed by atoms with van der Waals surface area (Å²) in [5.41, 5.74) is 2.64. The van der Waals surface area contributed by atoms with Crippen LogP contribution in [0.5, 0.6) is 0 Å². The summed E-state index contributed by atoms with van der Waals surface area (Å²) in [6.45, 7) is 6.13. The first-order valence-electron chi connectivity index (χ1n) is 9.60. The second-order valence-corrected chi connectivity index (χ2v) is 7.90. The van der Waals surface area contributed by atoms with Crippen molar-refractivity contribution in [3.05, 3.63) is 76.2 Å². The predicted molar refractivity (Wildman–Crippen MR) is 115 cm³/mol. The van der Waals surface area contributed by atoms with Crippen LogP contribution in [0.25, 0.3) is 16.6 Å². The molecule has 0 aliphatic heterocycles. The Kier molecular flexibility index (Phi) is 5.49. The van der Waals surface area contributed by atoms with Crippen LogP contribution in [-0.4, -0.2) is 19.7 Å². The summed E-state index contributed by atoms with van der Waals surface area (Å²) in [5.74, 6) is 1.94. The van der Waals surface area contributed by atoms with Gasteiger partial charge in [0.05, 0.1) is 22.3 Å². The van der Waals surface area contributed by atoms with Gasteiger partial charge in [0.2, 0.25) is 11.8 Å². The molecule has 4 aromatic rings. The van der Waals surface area contributed by atoms with Crippen molar-refractivity contribution in [1.82, 2.24) is 19.7 Å². The van der Waals surface area contributed by atoms with Gasteiger partial charge < -0.3 is 4.42 Å². The lowest BCUT2D eigenvalue weighted by Gasteiger charge is -2.14. The number of fused-ring (bicyclic) bond motifs is 1. The van der Waals surface area contributed by atoms with E-state index in [2.05, 4.69) is 36.2 Å². The molecule has 0 unspecified atom stereocenters. The first kappa shape index (κ1) is 19.4. The number of aryl methyl sites for hydroxylation is 1. The van der Waals surface area contributed by atoms with E-state index < -0.39 is 0 Å². The number of nitrogens with zero attached hydrogens (tertiary/aromatic N) is 4. The molecule has 0 saturated carbocycles. The van der Waals surface area contributed by atoms with Crippen LogP contribution < -0.4 is 5.56 Å². The van der Waals surface area contributed by atoms with Crippen molar-refractivity contribution in [2.75, 3.05) is 0 Å². The minimum Gasteiger partial charge on any atom is -0.425 e. The average Bonchev–Trinajstić information content (AvgIpc) is 3.17. The fraction of sp³-hybridized carbons (Fsp3) is 0.273. The van der Waals surface area contributed by atoms with E-state index in [4.69, 9.17) is 9.40 Å². The zero-order valence-electron chi connectivity index (χ0n) is 16.6. The maximum Gasteiger partial charge on any atom is 0.266 e. The Hall–Kier alpha value is -2.93. The molecule has 0 bridgehead atoms. The molecule has 7 heteroatoms. The van der Waals surface area contributed by atoms with E-state index in [1.54, 1.807) is 11.5 Å². The molecule has 0 aliphatic carbocycles. The molecule has 0 amide bonds. The summed E-state index contributed by atoms with van der Waals surface area (Å²) in [7, 11) is 0. The number of hydrogen-bond donors (Lipinski definition) is 0. The molecule has 0 spiro atoms. The van der Waals surface area contributed by atoms with Gasteiger partial charge in [-0.3, -0.25) is 9.36 Å². The quantitative estimate of drug-likeness (QED) is 0.335. The monoisotopic (exact) mass is 406 g/mol. The van der Waals surface area contributed by atoms with E-state index in [-0.39, 0.29) is 5.56 Å². The van der Waals surface area contributed by atoms with Gasteiger partial charge in [-0.1, -0.05) is 49.9 Å². The molecule has 0 N–H and O–H groups in total. The highest BCUT2D eigenvalue weighted by Crippen LogP contribution is 2.26. The molecule has 0 aliphatic rings. The Balaban J connectivity index is 1.79. The van der Waals surface area contributed by atoms with Crippen LogP contribution in [0.1, 0.15) is 43.5 Å². The molecule has 1 atom stereocenters. The van der Waals surface area contributed by atoms with Crippen LogP contribution in [0.15, 0.2) is 62.9 Å². The lowest BCUT2D eigenvalue weighted by atomic mass is 9.98. The third kappa shape index (κ3) is 3.96. The van der Waals surface area contributed by atoms with E-state index >= 15 is 0 Å². The topological polar surface area (TPSA) is 73.8 Å². The van der Waals surface area contributed by atoms with Crippen LogP contribution in [0.4, 0.5) is 0 Å². The van der Waals surface area contributed by atoms with Crippen molar-refractivity contribution in [2.45, 2.75) is 44.0 Å². The highest BCUT2D eigenvalue weighted by atomic mass is 32.2. The molecule has 2 aromatic carbocycles. The number of rotatable bonds is 6. The van der Waals surface area contributed by atoms with Gasteiger partial charge in [-0.15, -0.1) is 10.2 Å². The summed E-state index contributed by atoms with van der Waals surface area (Å²) < 4.78 is 7.13. The highest BCUT2D eigenvalue weighted by molar-refractivity contribution is 7.98. The first-order valence-corrected chi connectivity index (χ1v) is 10.6. The van der Waals surface area contributed by atoms with E-state index in [0.717, 1.165) is 12.1 Å². The van der Waals surface area contributed by atoms with Gasteiger partial charge in [-0.2, -0.15) is 0 Å². The van der Waals surface area contributed by atoms with E-state index in [1.807, 2.05) is 36.4 Å². The van der Waals surface area contributed by atoms with Gasteiger partial charge in [0, 0.05) is 6.92 Å². The Morgan fingerprint density at radius 2 is 1.86 bits per heavy atom. The zero-order valence-corrected chi connectivity index (χ0v) is 17.4. The van der Waals surface area contributed by atoms with Crippen molar-refractivity contribution < 1.29 is 4.42 Å². The van der Waals surface area contributed by atoms with Gasteiger partial charge in [0.15, 0.2) is 5.16 Å². The second kappa shape index (κ2) is 8.21. The minimum atomic E-state index is -0.0869. The van der Waals surface area contributed by atoms with Crippen LogP contribution >= 0.6 is 11.8 Å². The fourth-order valence-corrected chi connectivity index (χ4v) is 4.00. The molecule has 148 valence electrons. The van der Waals surface area contributed by atoms with E-state index in [1.165, 1.54) is 17.3 Å². The number of benzene rings is 2. The standard InChI is InChI=1S/C22H22N4O2S/c1-4-14(2)16-9-11-17(12-10-16)26-21(27)18-7-5-6-8-19(18)23-22(26)29-13-20-25-24-15(3)28-20/h5-12,14H,4,13H2,1-3H3/t14-/m0/s1. The van der Waals surface area contributed by atoms with Gasteiger partial charge in [-0.25, -0.2) is 4.98 Å². The first-order chi connectivity index (χ1) is 14.1. The molecule has 6 nitrogen and oxygen atoms in total. The van der Waals surface area contributed by atoms with Crippen LogP contribution in [0, 0.1) is 6.92 Å². The molecular formula is C22H22N4O2S. The van der Waals surface area contributed by atoms with Gasteiger partial charge in [-0.05, 0) is 42.2 Å². The lowest BCUT2D eigenvalue weighted by molar-refractivity contribution is 0.485. The average molecular weight is 407 g/mol. The molecule has 2 heterocycles. The Morgan fingerprint density at radius 1 is 1.10 bits per heavy atom. The number of para-hydroxylation sites is 1. The Morgan fingerprint density at radius 3 is 2.55 bits per heavy atom. The fourth-order valence-electron chi connectivity index (χ4n) is 3.15. The summed E-state index contributed by atoms with van der Waals surface area (Å²) in [4.78, 5) is 18.0. The molecule has 2 aromatic heterocycles. The van der Waals surface area contributed by atoms with E-state index in [0.29, 0.717) is 39.5 Å². The van der Waals surface area contributed by atoms with Crippen molar-refractivity contribution in [2.24, 2.45) is 0 Å². The SMILES string of the molecule is CC[C@H](C)c1ccc(-n2c(SCc3nnc(C)o3)nc3ccccc3c2=O)cc1. The van der Waals surface area contributed by atoms with Crippen LogP contribution in [0.2, 0.25) is 0 Å². The Bertz CT molecular complexity index is 1200. The molecule has 0 fully saturated rings. The smallest absolute Gasteiger partial charge is 0.266 e. The predicted octanol–water partition coefficient (Wildman–Crippen LogP) is 4.88. The zero-order chi connectivity index (χ0) is 20.4. The maximum atomic E-state index is 13.3. The van der Waals surface area contributed by atoms with Crippen molar-refractivity contribution >= 4 is 22.7 Å². The summed E-state index contributed by atoms with van der Waals surface area (Å²) in [5, 5.41) is 9.09. The van der Waals surface area contributed by atoms with Crippen molar-refractivity contribution in [1.29, 1.82) is 0 Å². The van der Waals surface area contributed by atoms with Crippen molar-refractivity contribution in [3.8, 4) is 5.69 Å². The van der Waals surface area contributed by atoms with Crippen LogP contribution in [-0.2, 0) is 5.75 Å². The van der Waals surface area contributed by atoms with Crippen LogP contribution in [0.3, 0.4) is 0 Å². The summed E-state index contributed by atoms with van der Waals surface area (Å²) >= 11 is 1.41. The lowest BCUT2D eigenvalue weighted by Crippen LogP contribution is -2.21. The molecule has 0 radical (unpaired) electrons. The maximum absolute atomic E-state index is 13.3. The number of thioether (sulfide) groups is 1. The molecule has 0 saturated heterocycles. The van der Waals surface area contributed by atoms with Gasteiger partial charge in [0.25, 0.3) is 5.56 Å². The number of hydrogen-bond acceptors (Lipinski definition) is 6. The second-order valence-electron chi connectivity index (χ2n) is 6.96. The largest absolute Gasteiger partial charge is 0.425 e. The summed E-state index contributed by atoms with van der Waals surface area (Å²) in [6.07, 6.45) is 1.07. The molecule has 4 rings (SSSR count). The highest BCUT2D eigenvalue weighted by Gasteiger charge is 2.15. The van der Waals surface area contributed by atoms with Crippen molar-refractivity contribution in [3.63, 3.8) is 0 Å². The van der Waals surface area contributed by atoms with Gasteiger partial charge in [0.1, 0.15) is 0 Å². The minimum absolute atomic E-state index is 0.0869.